The number of carbonyl (C=O) groups is 1. The summed E-state index contributed by atoms with van der Waals surface area (Å²) >= 11 is 1.30. The smallest absolute Gasteiger partial charge is 0.335 e. The van der Waals surface area contributed by atoms with Gasteiger partial charge in [-0.3, -0.25) is 4.98 Å². The lowest BCUT2D eigenvalue weighted by atomic mass is 9.63. The van der Waals surface area contributed by atoms with Gasteiger partial charge in [-0.25, -0.2) is 18.6 Å². The Morgan fingerprint density at radius 2 is 1.92 bits per heavy atom. The molecule has 2 aliphatic carbocycles. The van der Waals surface area contributed by atoms with Crippen LogP contribution in [-0.2, 0) is 6.61 Å². The predicted molar refractivity (Wildman–Crippen MR) is 141 cm³/mol. The second-order valence-corrected chi connectivity index (χ2v) is 11.7. The fourth-order valence-corrected chi connectivity index (χ4v) is 6.92. The van der Waals surface area contributed by atoms with Crippen LogP contribution in [0.15, 0.2) is 35.1 Å². The normalized spacial score (nSPS) is 18.4. The number of benzene rings is 1. The zero-order chi connectivity index (χ0) is 26.9. The molecule has 3 aromatic heterocycles. The molecule has 200 valence electrons. The molecule has 1 aromatic carbocycles. The first-order chi connectivity index (χ1) is 18.9. The number of aliphatic hydroxyl groups is 1. The zero-order valence-corrected chi connectivity index (χ0v) is 21.6. The molecule has 1 spiro atoms. The summed E-state index contributed by atoms with van der Waals surface area (Å²) in [7, 11) is 0. The number of anilines is 1. The molecule has 7 rings (SSSR count). The fourth-order valence-electron chi connectivity index (χ4n) is 5.85. The molecule has 8 nitrogen and oxygen atoms in total. The number of nitrogens with zero attached hydrogens (tertiary/aromatic N) is 4. The standard InChI is InChI=1S/C28H24F2N4O4S/c29-18-7-15(26(36)37)8-20-23(18)32-27(39-20)34-5-3-28(4-6-34)9-16(10-28)22-24(33-38-25(22)14-1-2-14)21-17(13-35)11-31-12-19(21)30/h7-9,11-12,14,35H,1-6,10,13H2,(H,36,37). The zero-order valence-electron chi connectivity index (χ0n) is 20.8. The van der Waals surface area contributed by atoms with Crippen molar-refractivity contribution in [1.29, 1.82) is 0 Å². The number of hydrogen-bond acceptors (Lipinski definition) is 8. The van der Waals surface area contributed by atoms with Gasteiger partial charge in [0.25, 0.3) is 0 Å². The molecule has 0 bridgehead atoms. The van der Waals surface area contributed by atoms with Crippen LogP contribution in [0.5, 0.6) is 0 Å². The Balaban J connectivity index is 1.15. The van der Waals surface area contributed by atoms with Crippen molar-refractivity contribution in [3.05, 3.63) is 64.7 Å². The Labute approximate surface area is 225 Å². The molecule has 1 saturated carbocycles. The van der Waals surface area contributed by atoms with E-state index in [2.05, 4.69) is 26.1 Å². The average Bonchev–Trinajstić information content (AvgIpc) is 3.51. The van der Waals surface area contributed by atoms with E-state index in [0.717, 1.165) is 74.4 Å². The van der Waals surface area contributed by atoms with Gasteiger partial charge >= 0.3 is 5.97 Å². The van der Waals surface area contributed by atoms with Crippen LogP contribution in [0.4, 0.5) is 13.9 Å². The van der Waals surface area contributed by atoms with Gasteiger partial charge in [-0.15, -0.1) is 0 Å². The Morgan fingerprint density at radius 1 is 1.15 bits per heavy atom. The summed E-state index contributed by atoms with van der Waals surface area (Å²) in [6.45, 7) is 1.12. The monoisotopic (exact) mass is 550 g/mol. The molecule has 1 saturated heterocycles. The Bertz CT molecular complexity index is 1670. The van der Waals surface area contributed by atoms with Crippen molar-refractivity contribution >= 4 is 38.2 Å². The van der Waals surface area contributed by atoms with Crippen LogP contribution >= 0.6 is 11.3 Å². The summed E-state index contributed by atoms with van der Waals surface area (Å²) in [6.07, 6.45) is 9.44. The van der Waals surface area contributed by atoms with Crippen molar-refractivity contribution in [3.8, 4) is 11.3 Å². The molecule has 0 radical (unpaired) electrons. The average molecular weight is 551 g/mol. The van der Waals surface area contributed by atoms with Gasteiger partial charge in [-0.05, 0) is 55.2 Å². The highest BCUT2D eigenvalue weighted by Gasteiger charge is 2.44. The van der Waals surface area contributed by atoms with Crippen LogP contribution in [0.25, 0.3) is 27.0 Å². The Hall–Kier alpha value is -3.70. The molecule has 0 amide bonds. The van der Waals surface area contributed by atoms with Gasteiger partial charge in [0.2, 0.25) is 0 Å². The number of hydrogen-bond donors (Lipinski definition) is 2. The predicted octanol–water partition coefficient (Wildman–Crippen LogP) is 5.77. The van der Waals surface area contributed by atoms with E-state index in [4.69, 9.17) is 4.52 Å². The highest BCUT2D eigenvalue weighted by Crippen LogP contribution is 2.56. The van der Waals surface area contributed by atoms with E-state index in [0.29, 0.717) is 21.1 Å². The molecular weight excluding hydrogens is 526 g/mol. The highest BCUT2D eigenvalue weighted by molar-refractivity contribution is 7.22. The van der Waals surface area contributed by atoms with Gasteiger partial charge in [-0.2, -0.15) is 0 Å². The number of pyridine rings is 1. The summed E-state index contributed by atoms with van der Waals surface area (Å²) in [5.74, 6) is -1.26. The maximum Gasteiger partial charge on any atom is 0.335 e. The number of aromatic carboxylic acids is 1. The molecule has 4 aromatic rings. The van der Waals surface area contributed by atoms with E-state index >= 15 is 0 Å². The van der Waals surface area contributed by atoms with Gasteiger partial charge in [-0.1, -0.05) is 22.6 Å². The van der Waals surface area contributed by atoms with Crippen molar-refractivity contribution in [3.63, 3.8) is 0 Å². The highest BCUT2D eigenvalue weighted by atomic mass is 32.1. The van der Waals surface area contributed by atoms with Crippen LogP contribution in [-0.4, -0.2) is 44.4 Å². The second-order valence-electron chi connectivity index (χ2n) is 10.7. The lowest BCUT2D eigenvalue weighted by molar-refractivity contribution is 0.0696. The van der Waals surface area contributed by atoms with Gasteiger partial charge in [0.1, 0.15) is 17.0 Å². The van der Waals surface area contributed by atoms with Gasteiger partial charge in [0.05, 0.1) is 23.1 Å². The minimum absolute atomic E-state index is 0.00377. The SMILES string of the molecule is O=C(O)c1cc(F)c2nc(N3CCC4(C=C(c5c(-c6c(F)cncc6CO)noc5C5CC5)C4)CC3)sc2c1. The molecule has 3 aliphatic rings. The third-order valence-corrected chi connectivity index (χ3v) is 9.17. The number of allylic oxidation sites excluding steroid dienone is 2. The molecule has 2 N–H and O–H groups in total. The molecule has 4 heterocycles. The number of carboxylic acids is 1. The first-order valence-electron chi connectivity index (χ1n) is 12.9. The van der Waals surface area contributed by atoms with Crippen LogP contribution < -0.4 is 4.90 Å². The van der Waals surface area contributed by atoms with Crippen LogP contribution in [0, 0.1) is 17.0 Å². The minimum Gasteiger partial charge on any atom is -0.478 e. The number of piperidine rings is 1. The Kier molecular flexibility index (Phi) is 5.57. The quantitative estimate of drug-likeness (QED) is 0.311. The van der Waals surface area contributed by atoms with Crippen LogP contribution in [0.2, 0.25) is 0 Å². The summed E-state index contributed by atoms with van der Waals surface area (Å²) in [5.41, 5.74) is 3.08. The molecular formula is C28H24F2N4O4S. The summed E-state index contributed by atoms with van der Waals surface area (Å²) in [6, 6.07) is 2.48. The molecule has 2 fully saturated rings. The third-order valence-electron chi connectivity index (χ3n) is 8.11. The number of carboxylic acid groups (broad SMARTS) is 1. The fraction of sp³-hybridized carbons (Fsp3) is 0.357. The van der Waals surface area contributed by atoms with Crippen molar-refractivity contribution in [2.24, 2.45) is 5.41 Å². The van der Waals surface area contributed by atoms with Gasteiger partial charge in [0.15, 0.2) is 16.8 Å². The van der Waals surface area contributed by atoms with Crippen molar-refractivity contribution in [1.82, 2.24) is 15.1 Å². The maximum atomic E-state index is 14.9. The number of thiazole rings is 1. The van der Waals surface area contributed by atoms with E-state index in [9.17, 15) is 23.8 Å². The summed E-state index contributed by atoms with van der Waals surface area (Å²) in [4.78, 5) is 21.8. The number of fused-ring (bicyclic) bond motifs is 1. The van der Waals surface area contributed by atoms with Crippen LogP contribution in [0.1, 0.15) is 65.3 Å². The van der Waals surface area contributed by atoms with E-state index in [1.165, 1.54) is 23.6 Å². The lowest BCUT2D eigenvalue weighted by Crippen LogP contribution is -2.42. The number of aromatic nitrogens is 3. The van der Waals surface area contributed by atoms with E-state index in [1.54, 1.807) is 0 Å². The first-order valence-corrected chi connectivity index (χ1v) is 13.7. The third kappa shape index (κ3) is 4.02. The first kappa shape index (κ1) is 24.3. The molecule has 39 heavy (non-hydrogen) atoms. The molecule has 0 unspecified atom stereocenters. The van der Waals surface area contributed by atoms with Crippen LogP contribution in [0.3, 0.4) is 0 Å². The van der Waals surface area contributed by atoms with Crippen molar-refractivity contribution < 1.29 is 28.3 Å². The maximum absolute atomic E-state index is 14.9. The number of halogens is 2. The second kappa shape index (κ2) is 8.92. The topological polar surface area (TPSA) is 113 Å². The number of aliphatic hydroxyl groups excluding tert-OH is 1. The molecule has 1 aliphatic heterocycles. The van der Waals surface area contributed by atoms with Gasteiger partial charge < -0.3 is 19.6 Å². The van der Waals surface area contributed by atoms with E-state index in [1.807, 2.05) is 0 Å². The van der Waals surface area contributed by atoms with Gasteiger partial charge in [0, 0.05) is 41.9 Å². The van der Waals surface area contributed by atoms with Crippen molar-refractivity contribution in [2.75, 3.05) is 18.0 Å². The number of rotatable bonds is 6. The molecule has 11 heteroatoms. The summed E-state index contributed by atoms with van der Waals surface area (Å²) in [5, 5.41) is 24.0. The van der Waals surface area contributed by atoms with E-state index < -0.39 is 17.6 Å². The largest absolute Gasteiger partial charge is 0.478 e. The Morgan fingerprint density at radius 3 is 2.62 bits per heavy atom. The lowest BCUT2D eigenvalue weighted by Gasteiger charge is -2.46. The minimum atomic E-state index is -1.17. The van der Waals surface area contributed by atoms with E-state index in [-0.39, 0.29) is 34.6 Å². The molecule has 0 atom stereocenters. The summed E-state index contributed by atoms with van der Waals surface area (Å²) < 4.78 is 35.6. The van der Waals surface area contributed by atoms with Crippen molar-refractivity contribution in [2.45, 2.75) is 44.6 Å².